The van der Waals surface area contributed by atoms with Crippen molar-refractivity contribution in [2.45, 2.75) is 38.8 Å². The van der Waals surface area contributed by atoms with Crippen molar-refractivity contribution in [1.82, 2.24) is 5.32 Å². The fourth-order valence-corrected chi connectivity index (χ4v) is 2.24. The minimum Gasteiger partial charge on any atom is -0.496 e. The van der Waals surface area contributed by atoms with Crippen LogP contribution >= 0.6 is 0 Å². The molecule has 4 nitrogen and oxygen atoms in total. The number of aliphatic hydroxyl groups excluding tert-OH is 1. The molecule has 1 aromatic rings. The number of rotatable bonds is 8. The minimum absolute atomic E-state index is 0.137. The smallest absolute Gasteiger partial charge is 0.121 e. The first-order valence-corrected chi connectivity index (χ1v) is 6.83. The Bertz CT molecular complexity index is 382. The van der Waals surface area contributed by atoms with Gasteiger partial charge in [0.15, 0.2) is 0 Å². The Kier molecular flexibility index (Phi) is 6.84. The van der Waals surface area contributed by atoms with E-state index in [2.05, 4.69) is 24.4 Å². The third kappa shape index (κ3) is 4.82. The van der Waals surface area contributed by atoms with Crippen LogP contribution < -0.4 is 15.8 Å². The van der Waals surface area contributed by atoms with Crippen LogP contribution in [0.15, 0.2) is 18.2 Å². The normalized spacial score (nSPS) is 14.2. The maximum atomic E-state index is 8.85. The summed E-state index contributed by atoms with van der Waals surface area (Å²) in [5, 5.41) is 12.4. The van der Waals surface area contributed by atoms with Gasteiger partial charge in [-0.05, 0) is 43.9 Å². The van der Waals surface area contributed by atoms with Crippen molar-refractivity contribution in [2.75, 3.05) is 20.3 Å². The van der Waals surface area contributed by atoms with Gasteiger partial charge >= 0.3 is 0 Å². The van der Waals surface area contributed by atoms with Crippen LogP contribution in [0, 0.1) is 6.92 Å². The van der Waals surface area contributed by atoms with Crippen LogP contribution in [0.5, 0.6) is 5.75 Å². The van der Waals surface area contributed by atoms with Crippen LogP contribution in [-0.2, 0) is 0 Å². The molecule has 0 bridgehead atoms. The molecule has 2 unspecified atom stereocenters. The van der Waals surface area contributed by atoms with E-state index in [1.165, 1.54) is 5.56 Å². The van der Waals surface area contributed by atoms with Crippen LogP contribution in [0.4, 0.5) is 0 Å². The quantitative estimate of drug-likeness (QED) is 0.670. The van der Waals surface area contributed by atoms with Gasteiger partial charge in [0.1, 0.15) is 5.75 Å². The molecule has 19 heavy (non-hydrogen) atoms. The SMILES string of the molecule is COc1ccc(C(CN)NC(C)CCCO)cc1C. The number of hydrogen-bond donors (Lipinski definition) is 3. The molecule has 0 saturated heterocycles. The predicted octanol–water partition coefficient (Wildman–Crippen LogP) is 1.75. The summed E-state index contributed by atoms with van der Waals surface area (Å²) in [6.07, 6.45) is 1.76. The molecule has 2 atom stereocenters. The second-order valence-corrected chi connectivity index (χ2v) is 4.95. The van der Waals surface area contributed by atoms with Crippen molar-refractivity contribution in [3.8, 4) is 5.75 Å². The van der Waals surface area contributed by atoms with Gasteiger partial charge in [0.25, 0.3) is 0 Å². The number of aliphatic hydroxyl groups is 1. The number of ether oxygens (including phenoxy) is 1. The van der Waals surface area contributed by atoms with E-state index in [9.17, 15) is 0 Å². The monoisotopic (exact) mass is 266 g/mol. The third-order valence-electron chi connectivity index (χ3n) is 3.34. The molecule has 0 aliphatic carbocycles. The molecule has 0 aliphatic rings. The van der Waals surface area contributed by atoms with Crippen molar-refractivity contribution in [3.05, 3.63) is 29.3 Å². The lowest BCUT2D eigenvalue weighted by Crippen LogP contribution is -2.35. The van der Waals surface area contributed by atoms with Gasteiger partial charge in [0, 0.05) is 25.2 Å². The average molecular weight is 266 g/mol. The molecule has 108 valence electrons. The molecule has 0 aliphatic heterocycles. The Hall–Kier alpha value is -1.10. The fraction of sp³-hybridized carbons (Fsp3) is 0.600. The highest BCUT2D eigenvalue weighted by Crippen LogP contribution is 2.22. The summed E-state index contributed by atoms with van der Waals surface area (Å²) in [6, 6.07) is 6.62. The molecule has 0 heterocycles. The van der Waals surface area contributed by atoms with Crippen molar-refractivity contribution >= 4 is 0 Å². The number of methoxy groups -OCH3 is 1. The zero-order valence-corrected chi connectivity index (χ0v) is 12.1. The molecule has 1 aromatic carbocycles. The largest absolute Gasteiger partial charge is 0.496 e. The summed E-state index contributed by atoms with van der Waals surface area (Å²) in [7, 11) is 1.68. The van der Waals surface area contributed by atoms with E-state index in [0.717, 1.165) is 24.2 Å². The lowest BCUT2D eigenvalue weighted by molar-refractivity contribution is 0.274. The van der Waals surface area contributed by atoms with E-state index in [1.54, 1.807) is 7.11 Å². The van der Waals surface area contributed by atoms with Crippen molar-refractivity contribution < 1.29 is 9.84 Å². The minimum atomic E-state index is 0.137. The zero-order valence-electron chi connectivity index (χ0n) is 12.1. The van der Waals surface area contributed by atoms with Gasteiger partial charge in [-0.1, -0.05) is 12.1 Å². The van der Waals surface area contributed by atoms with E-state index in [4.69, 9.17) is 15.6 Å². The first kappa shape index (κ1) is 16.0. The van der Waals surface area contributed by atoms with Gasteiger partial charge in [-0.25, -0.2) is 0 Å². The van der Waals surface area contributed by atoms with Gasteiger partial charge in [0.05, 0.1) is 7.11 Å². The molecule has 4 heteroatoms. The zero-order chi connectivity index (χ0) is 14.3. The summed E-state index contributed by atoms with van der Waals surface area (Å²) in [5.41, 5.74) is 8.15. The highest BCUT2D eigenvalue weighted by atomic mass is 16.5. The van der Waals surface area contributed by atoms with Crippen LogP contribution in [0.3, 0.4) is 0 Å². The fourth-order valence-electron chi connectivity index (χ4n) is 2.24. The summed E-state index contributed by atoms with van der Waals surface area (Å²) in [5.74, 6) is 0.896. The summed E-state index contributed by atoms with van der Waals surface area (Å²) in [4.78, 5) is 0. The summed E-state index contributed by atoms with van der Waals surface area (Å²) < 4.78 is 5.27. The number of hydrogen-bond acceptors (Lipinski definition) is 4. The van der Waals surface area contributed by atoms with E-state index >= 15 is 0 Å². The maximum absolute atomic E-state index is 8.85. The lowest BCUT2D eigenvalue weighted by atomic mass is 10.0. The van der Waals surface area contributed by atoms with Crippen LogP contribution in [-0.4, -0.2) is 31.4 Å². The lowest BCUT2D eigenvalue weighted by Gasteiger charge is -2.23. The molecule has 1 rings (SSSR count). The first-order valence-electron chi connectivity index (χ1n) is 6.83. The van der Waals surface area contributed by atoms with Gasteiger partial charge in [-0.2, -0.15) is 0 Å². The van der Waals surface area contributed by atoms with Gasteiger partial charge in [-0.3, -0.25) is 0 Å². The standard InChI is InChI=1S/C15H26N2O2/c1-11-9-13(6-7-15(11)19-3)14(10-16)17-12(2)5-4-8-18/h6-7,9,12,14,17-18H,4-5,8,10,16H2,1-3H3. The third-order valence-corrected chi connectivity index (χ3v) is 3.34. The van der Waals surface area contributed by atoms with E-state index in [-0.39, 0.29) is 12.6 Å². The molecule has 4 N–H and O–H groups in total. The van der Waals surface area contributed by atoms with E-state index < -0.39 is 0 Å². The van der Waals surface area contributed by atoms with Crippen LogP contribution in [0.2, 0.25) is 0 Å². The second kappa shape index (κ2) is 8.15. The highest BCUT2D eigenvalue weighted by molar-refractivity contribution is 5.37. The molecule has 0 radical (unpaired) electrons. The first-order chi connectivity index (χ1) is 9.12. The van der Waals surface area contributed by atoms with E-state index in [1.807, 2.05) is 13.0 Å². The number of nitrogens with one attached hydrogen (secondary N) is 1. The molecular formula is C15H26N2O2. The molecule has 0 aromatic heterocycles. The molecule has 0 spiro atoms. The molecular weight excluding hydrogens is 240 g/mol. The van der Waals surface area contributed by atoms with Gasteiger partial charge in [-0.15, -0.1) is 0 Å². The van der Waals surface area contributed by atoms with Crippen molar-refractivity contribution in [2.24, 2.45) is 5.73 Å². The summed E-state index contributed by atoms with van der Waals surface area (Å²) in [6.45, 7) is 4.94. The average Bonchev–Trinajstić information content (AvgIpc) is 2.42. The van der Waals surface area contributed by atoms with Crippen molar-refractivity contribution in [1.29, 1.82) is 0 Å². The predicted molar refractivity (Wildman–Crippen MR) is 78.4 cm³/mol. The molecule has 0 saturated carbocycles. The Labute approximate surface area is 116 Å². The Morgan fingerprint density at radius 3 is 2.68 bits per heavy atom. The van der Waals surface area contributed by atoms with Crippen LogP contribution in [0.1, 0.15) is 36.9 Å². The Morgan fingerprint density at radius 1 is 1.42 bits per heavy atom. The summed E-state index contributed by atoms with van der Waals surface area (Å²) >= 11 is 0. The molecule has 0 amide bonds. The topological polar surface area (TPSA) is 67.5 Å². The maximum Gasteiger partial charge on any atom is 0.121 e. The van der Waals surface area contributed by atoms with Crippen molar-refractivity contribution in [3.63, 3.8) is 0 Å². The van der Waals surface area contributed by atoms with Crippen LogP contribution in [0.25, 0.3) is 0 Å². The molecule has 0 fully saturated rings. The van der Waals surface area contributed by atoms with E-state index in [0.29, 0.717) is 12.6 Å². The number of nitrogens with two attached hydrogens (primary N) is 1. The number of aryl methyl sites for hydroxylation is 1. The Morgan fingerprint density at radius 2 is 2.16 bits per heavy atom. The highest BCUT2D eigenvalue weighted by Gasteiger charge is 2.13. The Balaban J connectivity index is 2.71. The van der Waals surface area contributed by atoms with Gasteiger partial charge in [0.2, 0.25) is 0 Å². The second-order valence-electron chi connectivity index (χ2n) is 4.95. The number of benzene rings is 1. The van der Waals surface area contributed by atoms with Gasteiger partial charge < -0.3 is 20.9 Å².